The third-order valence-corrected chi connectivity index (χ3v) is 6.73. The largest absolute Gasteiger partial charge is 0.497 e. The van der Waals surface area contributed by atoms with Gasteiger partial charge in [-0.1, -0.05) is 36.4 Å². The summed E-state index contributed by atoms with van der Waals surface area (Å²) >= 11 is 1.59. The molecular formula is C27H27N3O2S. The quantitative estimate of drug-likeness (QED) is 0.331. The van der Waals surface area contributed by atoms with E-state index >= 15 is 0 Å². The van der Waals surface area contributed by atoms with Gasteiger partial charge in [-0.3, -0.25) is 4.79 Å². The lowest BCUT2D eigenvalue weighted by Gasteiger charge is -2.23. The summed E-state index contributed by atoms with van der Waals surface area (Å²) in [5.74, 6) is 1.42. The van der Waals surface area contributed by atoms with Crippen molar-refractivity contribution in [3.63, 3.8) is 0 Å². The average molecular weight is 458 g/mol. The molecule has 0 fully saturated rings. The summed E-state index contributed by atoms with van der Waals surface area (Å²) in [5.41, 5.74) is 4.74. The van der Waals surface area contributed by atoms with Crippen molar-refractivity contribution in [1.82, 2.24) is 4.98 Å². The van der Waals surface area contributed by atoms with E-state index in [1.165, 1.54) is 0 Å². The molecule has 6 heteroatoms. The number of anilines is 2. The predicted octanol–water partition coefficient (Wildman–Crippen LogP) is 6.53. The second-order valence-corrected chi connectivity index (χ2v) is 9.09. The Morgan fingerprint density at radius 3 is 2.45 bits per heavy atom. The molecule has 168 valence electrons. The highest BCUT2D eigenvalue weighted by atomic mass is 32.1. The fraction of sp³-hybridized carbons (Fsp3) is 0.185. The number of aryl methyl sites for hydroxylation is 2. The summed E-state index contributed by atoms with van der Waals surface area (Å²) in [6, 6.07) is 22.9. The van der Waals surface area contributed by atoms with E-state index in [0.717, 1.165) is 43.8 Å². The molecule has 2 aromatic carbocycles. The van der Waals surface area contributed by atoms with E-state index < -0.39 is 0 Å². The van der Waals surface area contributed by atoms with E-state index in [1.807, 2.05) is 73.7 Å². The molecule has 0 unspecified atom stereocenters. The number of nitrogens with zero attached hydrogens (tertiary/aromatic N) is 1. The van der Waals surface area contributed by atoms with Crippen molar-refractivity contribution >= 4 is 28.1 Å². The molecule has 0 spiro atoms. The Balaban J connectivity index is 1.80. The average Bonchev–Trinajstić information content (AvgIpc) is 3.10. The highest BCUT2D eigenvalue weighted by molar-refractivity contribution is 7.16. The Labute approximate surface area is 198 Å². The van der Waals surface area contributed by atoms with E-state index in [0.29, 0.717) is 5.56 Å². The van der Waals surface area contributed by atoms with Crippen LogP contribution in [0.15, 0.2) is 72.8 Å². The minimum Gasteiger partial charge on any atom is -0.497 e. The number of carbonyl (C=O) groups excluding carboxylic acids is 1. The lowest BCUT2D eigenvalue weighted by molar-refractivity contribution is 0.102. The van der Waals surface area contributed by atoms with E-state index in [9.17, 15) is 4.79 Å². The molecule has 2 heterocycles. The fourth-order valence-electron chi connectivity index (χ4n) is 3.76. The highest BCUT2D eigenvalue weighted by Gasteiger charge is 2.25. The van der Waals surface area contributed by atoms with Crippen LogP contribution in [0.4, 0.5) is 10.8 Å². The Hall–Kier alpha value is -3.64. The first-order chi connectivity index (χ1) is 16.0. The van der Waals surface area contributed by atoms with Gasteiger partial charge in [0.15, 0.2) is 0 Å². The first kappa shape index (κ1) is 22.6. The van der Waals surface area contributed by atoms with Gasteiger partial charge in [-0.2, -0.15) is 0 Å². The Kier molecular flexibility index (Phi) is 6.75. The molecule has 0 bridgehead atoms. The van der Waals surface area contributed by atoms with Gasteiger partial charge in [-0.05, 0) is 68.3 Å². The summed E-state index contributed by atoms with van der Waals surface area (Å²) in [6.45, 7) is 6.14. The van der Waals surface area contributed by atoms with Crippen molar-refractivity contribution in [2.24, 2.45) is 0 Å². The van der Waals surface area contributed by atoms with Crippen LogP contribution in [0.2, 0.25) is 0 Å². The minimum absolute atomic E-state index is 0.129. The topological polar surface area (TPSA) is 63.2 Å². The van der Waals surface area contributed by atoms with Crippen LogP contribution < -0.4 is 15.4 Å². The van der Waals surface area contributed by atoms with Crippen molar-refractivity contribution in [2.75, 3.05) is 17.7 Å². The molecule has 0 aliphatic carbocycles. The minimum atomic E-state index is -0.231. The smallest absolute Gasteiger partial charge is 0.256 e. The van der Waals surface area contributed by atoms with Crippen LogP contribution in [0, 0.1) is 20.8 Å². The molecule has 0 aliphatic heterocycles. The molecule has 4 aromatic rings. The Morgan fingerprint density at radius 2 is 1.73 bits per heavy atom. The van der Waals surface area contributed by atoms with Crippen molar-refractivity contribution < 1.29 is 9.53 Å². The maximum absolute atomic E-state index is 13.0. The lowest BCUT2D eigenvalue weighted by atomic mass is 9.96. The van der Waals surface area contributed by atoms with Gasteiger partial charge in [-0.15, -0.1) is 11.3 Å². The van der Waals surface area contributed by atoms with Crippen molar-refractivity contribution in [1.29, 1.82) is 0 Å². The molecule has 0 saturated carbocycles. The van der Waals surface area contributed by atoms with Gasteiger partial charge in [0.1, 0.15) is 16.6 Å². The number of amides is 1. The van der Waals surface area contributed by atoms with Gasteiger partial charge in [0, 0.05) is 21.7 Å². The summed E-state index contributed by atoms with van der Waals surface area (Å²) in [7, 11) is 1.66. The van der Waals surface area contributed by atoms with Crippen LogP contribution >= 0.6 is 11.3 Å². The van der Waals surface area contributed by atoms with Crippen LogP contribution in [-0.4, -0.2) is 18.0 Å². The van der Waals surface area contributed by atoms with Crippen molar-refractivity contribution in [3.8, 4) is 5.75 Å². The SMILES string of the molecule is COc1cccc([C@H](Nc2cccc(C)n2)c2c(NC(=O)c3ccccc3)sc(C)c2C)c1. The predicted molar refractivity (Wildman–Crippen MR) is 136 cm³/mol. The standard InChI is InChI=1S/C27H27N3O2S/c1-17-10-8-15-23(28-17)29-25(21-13-9-14-22(16-21)32-4)24-18(2)19(3)33-27(24)30-26(31)20-11-6-5-7-12-20/h5-16,25H,1-4H3,(H,28,29)(H,30,31)/t25-/m0/s1. The number of carbonyl (C=O) groups is 1. The number of aromatic nitrogens is 1. The third kappa shape index (κ3) is 5.07. The molecule has 0 saturated heterocycles. The molecule has 1 amide bonds. The van der Waals surface area contributed by atoms with E-state index in [2.05, 4.69) is 35.5 Å². The molecule has 33 heavy (non-hydrogen) atoms. The highest BCUT2D eigenvalue weighted by Crippen LogP contribution is 2.41. The van der Waals surface area contributed by atoms with Gasteiger partial charge in [0.2, 0.25) is 0 Å². The lowest BCUT2D eigenvalue weighted by Crippen LogP contribution is -2.18. The number of ether oxygens (including phenoxy) is 1. The van der Waals surface area contributed by atoms with Crippen LogP contribution in [0.5, 0.6) is 5.75 Å². The number of rotatable bonds is 7. The number of methoxy groups -OCH3 is 1. The first-order valence-electron chi connectivity index (χ1n) is 10.8. The van der Waals surface area contributed by atoms with Gasteiger partial charge in [0.25, 0.3) is 5.91 Å². The van der Waals surface area contributed by atoms with E-state index in [1.54, 1.807) is 18.4 Å². The van der Waals surface area contributed by atoms with Gasteiger partial charge >= 0.3 is 0 Å². The van der Waals surface area contributed by atoms with Crippen LogP contribution in [0.1, 0.15) is 43.7 Å². The number of hydrogen-bond donors (Lipinski definition) is 2. The summed E-state index contributed by atoms with van der Waals surface area (Å²) in [4.78, 5) is 18.8. The molecule has 5 nitrogen and oxygen atoms in total. The first-order valence-corrected chi connectivity index (χ1v) is 11.6. The fourth-order valence-corrected chi connectivity index (χ4v) is 4.86. The number of hydrogen-bond acceptors (Lipinski definition) is 5. The second-order valence-electron chi connectivity index (χ2n) is 7.86. The van der Waals surface area contributed by atoms with Gasteiger partial charge in [-0.25, -0.2) is 4.98 Å². The molecule has 2 aromatic heterocycles. The zero-order valence-electron chi connectivity index (χ0n) is 19.2. The maximum Gasteiger partial charge on any atom is 0.256 e. The molecule has 0 radical (unpaired) electrons. The van der Waals surface area contributed by atoms with Gasteiger partial charge < -0.3 is 15.4 Å². The summed E-state index contributed by atoms with van der Waals surface area (Å²) in [5, 5.41) is 7.58. The zero-order valence-corrected chi connectivity index (χ0v) is 20.0. The number of benzene rings is 2. The number of thiophene rings is 1. The normalized spacial score (nSPS) is 11.6. The van der Waals surface area contributed by atoms with Crippen LogP contribution in [-0.2, 0) is 0 Å². The molecule has 4 rings (SSSR count). The molecular weight excluding hydrogens is 430 g/mol. The monoisotopic (exact) mass is 457 g/mol. The van der Waals surface area contributed by atoms with E-state index in [-0.39, 0.29) is 11.9 Å². The van der Waals surface area contributed by atoms with Crippen molar-refractivity contribution in [2.45, 2.75) is 26.8 Å². The molecule has 1 atom stereocenters. The molecule has 0 aliphatic rings. The third-order valence-electron chi connectivity index (χ3n) is 5.59. The zero-order chi connectivity index (χ0) is 23.4. The number of pyridine rings is 1. The van der Waals surface area contributed by atoms with Crippen LogP contribution in [0.25, 0.3) is 0 Å². The summed E-state index contributed by atoms with van der Waals surface area (Å²) in [6.07, 6.45) is 0. The van der Waals surface area contributed by atoms with Crippen molar-refractivity contribution in [3.05, 3.63) is 106 Å². The van der Waals surface area contributed by atoms with Gasteiger partial charge in [0.05, 0.1) is 13.2 Å². The second kappa shape index (κ2) is 9.88. The molecule has 2 N–H and O–H groups in total. The van der Waals surface area contributed by atoms with E-state index in [4.69, 9.17) is 4.74 Å². The maximum atomic E-state index is 13.0. The summed E-state index contributed by atoms with van der Waals surface area (Å²) < 4.78 is 5.49. The number of nitrogens with one attached hydrogen (secondary N) is 2. The van der Waals surface area contributed by atoms with Crippen LogP contribution in [0.3, 0.4) is 0 Å². The Morgan fingerprint density at radius 1 is 0.970 bits per heavy atom. The Bertz CT molecular complexity index is 1270.